The second-order valence-electron chi connectivity index (χ2n) is 5.93. The van der Waals surface area contributed by atoms with Gasteiger partial charge in [-0.25, -0.2) is 0 Å². The van der Waals surface area contributed by atoms with Crippen molar-refractivity contribution >= 4 is 5.91 Å². The van der Waals surface area contributed by atoms with Gasteiger partial charge < -0.3 is 10.0 Å². The van der Waals surface area contributed by atoms with Gasteiger partial charge in [-0.05, 0) is 38.2 Å². The van der Waals surface area contributed by atoms with Crippen molar-refractivity contribution in [1.82, 2.24) is 4.90 Å². The highest BCUT2D eigenvalue weighted by Gasteiger charge is 2.35. The molecule has 1 fully saturated rings. The average Bonchev–Trinajstić information content (AvgIpc) is 2.47. The van der Waals surface area contributed by atoms with Gasteiger partial charge in [0.1, 0.15) is 0 Å². The first-order valence-electron chi connectivity index (χ1n) is 7.01. The Balaban J connectivity index is 2.14. The summed E-state index contributed by atoms with van der Waals surface area (Å²) >= 11 is 0. The summed E-state index contributed by atoms with van der Waals surface area (Å²) in [7, 11) is 0. The fourth-order valence-electron chi connectivity index (χ4n) is 2.77. The van der Waals surface area contributed by atoms with E-state index in [4.69, 9.17) is 0 Å². The molecule has 0 spiro atoms. The van der Waals surface area contributed by atoms with Gasteiger partial charge in [0.2, 0.25) is 5.91 Å². The number of aliphatic hydroxyl groups is 1. The van der Waals surface area contributed by atoms with Crippen molar-refractivity contribution in [2.45, 2.75) is 32.1 Å². The van der Waals surface area contributed by atoms with E-state index in [1.165, 1.54) is 0 Å². The van der Waals surface area contributed by atoms with E-state index in [0.29, 0.717) is 6.54 Å². The van der Waals surface area contributed by atoms with Crippen LogP contribution in [0.2, 0.25) is 0 Å². The van der Waals surface area contributed by atoms with Crippen LogP contribution in [0, 0.1) is 5.92 Å². The van der Waals surface area contributed by atoms with Crippen molar-refractivity contribution in [1.29, 1.82) is 0 Å². The summed E-state index contributed by atoms with van der Waals surface area (Å²) in [6.45, 7) is 5.63. The van der Waals surface area contributed by atoms with Crippen LogP contribution in [-0.4, -0.2) is 35.6 Å². The Morgan fingerprint density at radius 2 is 2.05 bits per heavy atom. The molecule has 19 heavy (non-hydrogen) atoms. The molecule has 0 aliphatic carbocycles. The molecule has 0 aromatic heterocycles. The summed E-state index contributed by atoms with van der Waals surface area (Å²) in [6.07, 6.45) is 2.01. The lowest BCUT2D eigenvalue weighted by Gasteiger charge is -2.37. The number of hydrogen-bond acceptors (Lipinski definition) is 2. The van der Waals surface area contributed by atoms with E-state index in [2.05, 4.69) is 0 Å². The van der Waals surface area contributed by atoms with E-state index in [-0.39, 0.29) is 18.4 Å². The molecule has 1 saturated heterocycles. The molecule has 1 amide bonds. The summed E-state index contributed by atoms with van der Waals surface area (Å²) in [4.78, 5) is 14.6. The Kier molecular flexibility index (Phi) is 4.25. The molecule has 1 aromatic carbocycles. The molecule has 1 aliphatic heterocycles. The molecule has 2 rings (SSSR count). The fraction of sp³-hybridized carbons (Fsp3) is 0.562. The zero-order chi connectivity index (χ0) is 13.9. The van der Waals surface area contributed by atoms with E-state index in [1.807, 2.05) is 49.1 Å². The maximum absolute atomic E-state index is 12.7. The van der Waals surface area contributed by atoms with Crippen molar-refractivity contribution in [3.05, 3.63) is 35.9 Å². The van der Waals surface area contributed by atoms with Gasteiger partial charge in [-0.1, -0.05) is 30.3 Å². The topological polar surface area (TPSA) is 40.5 Å². The lowest BCUT2D eigenvalue weighted by Crippen LogP contribution is -2.48. The van der Waals surface area contributed by atoms with Gasteiger partial charge in [0.15, 0.2) is 0 Å². The fourth-order valence-corrected chi connectivity index (χ4v) is 2.77. The van der Waals surface area contributed by atoms with Crippen LogP contribution in [0.4, 0.5) is 0 Å². The maximum atomic E-state index is 12.7. The highest BCUT2D eigenvalue weighted by atomic mass is 16.3. The van der Waals surface area contributed by atoms with Crippen LogP contribution in [0.15, 0.2) is 30.3 Å². The van der Waals surface area contributed by atoms with Crippen LogP contribution in [0.3, 0.4) is 0 Å². The summed E-state index contributed by atoms with van der Waals surface area (Å²) < 4.78 is 0. The molecule has 1 aliphatic rings. The number of carbonyl (C=O) groups is 1. The minimum atomic E-state index is -0.501. The van der Waals surface area contributed by atoms with Crippen LogP contribution < -0.4 is 0 Å². The van der Waals surface area contributed by atoms with Gasteiger partial charge in [-0.2, -0.15) is 0 Å². The zero-order valence-corrected chi connectivity index (χ0v) is 11.8. The average molecular weight is 261 g/mol. The van der Waals surface area contributed by atoms with E-state index in [0.717, 1.165) is 24.9 Å². The molecule has 1 atom stereocenters. The minimum absolute atomic E-state index is 0.164. The quantitative estimate of drug-likeness (QED) is 0.906. The molecule has 104 valence electrons. The molecule has 0 saturated carbocycles. The third kappa shape index (κ3) is 2.98. The summed E-state index contributed by atoms with van der Waals surface area (Å²) in [5, 5.41) is 9.27. The Labute approximate surface area is 115 Å². The largest absolute Gasteiger partial charge is 0.396 e. The van der Waals surface area contributed by atoms with Gasteiger partial charge >= 0.3 is 0 Å². The summed E-state index contributed by atoms with van der Waals surface area (Å²) in [6, 6.07) is 9.91. The smallest absolute Gasteiger partial charge is 0.232 e. The number of nitrogens with zero attached hydrogens (tertiary/aromatic N) is 1. The zero-order valence-electron chi connectivity index (χ0n) is 11.8. The SMILES string of the molecule is CC(C)(C(=O)N1CCCC(CO)C1)c1ccccc1. The Bertz CT molecular complexity index is 428. The van der Waals surface area contributed by atoms with Crippen LogP contribution >= 0.6 is 0 Å². The highest BCUT2D eigenvalue weighted by Crippen LogP contribution is 2.28. The first-order valence-corrected chi connectivity index (χ1v) is 7.01. The second kappa shape index (κ2) is 5.74. The molecule has 1 unspecified atom stereocenters. The van der Waals surface area contributed by atoms with E-state index in [1.54, 1.807) is 0 Å². The molecular weight excluding hydrogens is 238 g/mol. The van der Waals surface area contributed by atoms with Crippen LogP contribution in [0.1, 0.15) is 32.3 Å². The first kappa shape index (κ1) is 14.1. The van der Waals surface area contributed by atoms with Gasteiger partial charge in [0.25, 0.3) is 0 Å². The van der Waals surface area contributed by atoms with Crippen molar-refractivity contribution in [3.63, 3.8) is 0 Å². The molecule has 1 aromatic rings. The Hall–Kier alpha value is -1.35. The lowest BCUT2D eigenvalue weighted by molar-refractivity contribution is -0.138. The second-order valence-corrected chi connectivity index (χ2v) is 5.93. The Morgan fingerprint density at radius 1 is 1.37 bits per heavy atom. The Morgan fingerprint density at radius 3 is 2.68 bits per heavy atom. The maximum Gasteiger partial charge on any atom is 0.232 e. The van der Waals surface area contributed by atoms with Gasteiger partial charge in [0, 0.05) is 19.7 Å². The lowest BCUT2D eigenvalue weighted by atomic mass is 9.82. The number of hydrogen-bond donors (Lipinski definition) is 1. The van der Waals surface area contributed by atoms with E-state index < -0.39 is 5.41 Å². The number of likely N-dealkylation sites (tertiary alicyclic amines) is 1. The van der Waals surface area contributed by atoms with Crippen molar-refractivity contribution in [2.75, 3.05) is 19.7 Å². The van der Waals surface area contributed by atoms with Crippen LogP contribution in [0.5, 0.6) is 0 Å². The molecule has 3 heteroatoms. The van der Waals surface area contributed by atoms with E-state index in [9.17, 15) is 9.90 Å². The van der Waals surface area contributed by atoms with Crippen molar-refractivity contribution < 1.29 is 9.90 Å². The first-order chi connectivity index (χ1) is 9.05. The third-order valence-corrected chi connectivity index (χ3v) is 4.09. The molecule has 0 radical (unpaired) electrons. The molecular formula is C16H23NO2. The highest BCUT2D eigenvalue weighted by molar-refractivity contribution is 5.87. The van der Waals surface area contributed by atoms with Crippen molar-refractivity contribution in [2.24, 2.45) is 5.92 Å². The number of piperidine rings is 1. The number of aliphatic hydroxyl groups excluding tert-OH is 1. The minimum Gasteiger partial charge on any atom is -0.396 e. The third-order valence-electron chi connectivity index (χ3n) is 4.09. The molecule has 0 bridgehead atoms. The normalized spacial score (nSPS) is 20.4. The van der Waals surface area contributed by atoms with Crippen molar-refractivity contribution in [3.8, 4) is 0 Å². The van der Waals surface area contributed by atoms with E-state index >= 15 is 0 Å². The molecule has 1 heterocycles. The number of amides is 1. The summed E-state index contributed by atoms with van der Waals surface area (Å²) in [5.41, 5.74) is 0.546. The predicted molar refractivity (Wildman–Crippen MR) is 75.9 cm³/mol. The van der Waals surface area contributed by atoms with Crippen LogP contribution in [0.25, 0.3) is 0 Å². The molecule has 3 nitrogen and oxygen atoms in total. The number of benzene rings is 1. The molecule has 1 N–H and O–H groups in total. The van der Waals surface area contributed by atoms with Gasteiger partial charge in [-0.3, -0.25) is 4.79 Å². The predicted octanol–water partition coefficient (Wildman–Crippen LogP) is 2.20. The number of rotatable bonds is 3. The van der Waals surface area contributed by atoms with Crippen LogP contribution in [-0.2, 0) is 10.2 Å². The number of carbonyl (C=O) groups excluding carboxylic acids is 1. The monoisotopic (exact) mass is 261 g/mol. The standard InChI is InChI=1S/C16H23NO2/c1-16(2,14-8-4-3-5-9-14)15(19)17-10-6-7-13(11-17)12-18/h3-5,8-9,13,18H,6-7,10-12H2,1-2H3. The summed E-state index contributed by atoms with van der Waals surface area (Å²) in [5.74, 6) is 0.404. The van der Waals surface area contributed by atoms with Gasteiger partial charge in [0.05, 0.1) is 5.41 Å². The van der Waals surface area contributed by atoms with Gasteiger partial charge in [-0.15, -0.1) is 0 Å².